The summed E-state index contributed by atoms with van der Waals surface area (Å²) in [6.45, 7) is -1.19. The van der Waals surface area contributed by atoms with Crippen LogP contribution in [0.2, 0.25) is 0 Å². The Morgan fingerprint density at radius 1 is 0.833 bits per heavy atom. The van der Waals surface area contributed by atoms with Gasteiger partial charge in [-0.15, -0.1) is 11.6 Å². The van der Waals surface area contributed by atoms with Crippen molar-refractivity contribution in [2.24, 2.45) is 0 Å². The van der Waals surface area contributed by atoms with E-state index in [4.69, 9.17) is 21.1 Å². The number of hydrogen-bond donors (Lipinski definition) is 0. The molecule has 0 aliphatic heterocycles. The molecular weight excluding hydrogens is 427 g/mol. The first kappa shape index (κ1) is 22.1. The summed E-state index contributed by atoms with van der Waals surface area (Å²) in [5.74, 6) is -0.995. The number of halogens is 6. The van der Waals surface area contributed by atoms with Crippen molar-refractivity contribution < 1.29 is 31.4 Å². The summed E-state index contributed by atoms with van der Waals surface area (Å²) in [5, 5.41) is 0. The zero-order chi connectivity index (χ0) is 21.8. The van der Waals surface area contributed by atoms with Crippen molar-refractivity contribution in [2.75, 3.05) is 6.61 Å². The molecule has 2 nitrogen and oxygen atoms in total. The number of rotatable bonds is 7. The fourth-order valence-electron chi connectivity index (χ4n) is 2.68. The maximum absolute atomic E-state index is 14.0. The molecular formula is C22H16ClF5O2. The minimum atomic E-state index is -4.85. The van der Waals surface area contributed by atoms with E-state index >= 15 is 0 Å². The molecule has 0 N–H and O–H groups in total. The molecule has 0 fully saturated rings. The van der Waals surface area contributed by atoms with Gasteiger partial charge in [0.1, 0.15) is 11.6 Å². The first-order chi connectivity index (χ1) is 14.2. The van der Waals surface area contributed by atoms with Crippen molar-refractivity contribution in [3.05, 3.63) is 95.6 Å². The molecule has 3 rings (SSSR count). The summed E-state index contributed by atoms with van der Waals surface area (Å²) in [6, 6.07) is 16.0. The van der Waals surface area contributed by atoms with Crippen LogP contribution in [0.1, 0.15) is 11.1 Å². The fourth-order valence-corrected chi connectivity index (χ4v) is 2.89. The summed E-state index contributed by atoms with van der Waals surface area (Å²) in [7, 11) is 0. The molecule has 0 heterocycles. The summed E-state index contributed by atoms with van der Waals surface area (Å²) in [6.07, 6.45) is -4.85. The Labute approximate surface area is 174 Å². The lowest BCUT2D eigenvalue weighted by Crippen LogP contribution is -2.41. The second-order valence-corrected chi connectivity index (χ2v) is 7.12. The highest BCUT2D eigenvalue weighted by Gasteiger charge is 2.55. The van der Waals surface area contributed by atoms with E-state index in [1.165, 1.54) is 12.1 Å². The van der Waals surface area contributed by atoms with Crippen molar-refractivity contribution in [3.8, 4) is 11.5 Å². The van der Waals surface area contributed by atoms with E-state index in [1.807, 2.05) is 0 Å². The maximum Gasteiger partial charge on any atom is 0.413 e. The minimum Gasteiger partial charge on any atom is -0.454 e. The van der Waals surface area contributed by atoms with Gasteiger partial charge in [0.25, 0.3) is 0 Å². The molecule has 1 unspecified atom stereocenters. The van der Waals surface area contributed by atoms with Crippen LogP contribution in [0.4, 0.5) is 22.0 Å². The van der Waals surface area contributed by atoms with Gasteiger partial charge >= 0.3 is 6.18 Å². The maximum atomic E-state index is 14.0. The predicted octanol–water partition coefficient (Wildman–Crippen LogP) is 6.97. The van der Waals surface area contributed by atoms with Crippen molar-refractivity contribution in [2.45, 2.75) is 17.7 Å². The third-order valence-electron chi connectivity index (χ3n) is 4.29. The second-order valence-electron chi connectivity index (χ2n) is 6.48. The van der Waals surface area contributed by atoms with Gasteiger partial charge in [0.15, 0.2) is 16.4 Å². The summed E-state index contributed by atoms with van der Waals surface area (Å²) < 4.78 is 78.6. The molecule has 0 radical (unpaired) electrons. The average Bonchev–Trinajstić information content (AvgIpc) is 2.70. The van der Waals surface area contributed by atoms with Crippen molar-refractivity contribution in [3.63, 3.8) is 0 Å². The van der Waals surface area contributed by atoms with Crippen molar-refractivity contribution in [1.82, 2.24) is 0 Å². The van der Waals surface area contributed by atoms with Gasteiger partial charge in [0, 0.05) is 0 Å². The molecule has 3 aromatic carbocycles. The monoisotopic (exact) mass is 442 g/mol. The van der Waals surface area contributed by atoms with Crippen LogP contribution in [-0.2, 0) is 16.2 Å². The van der Waals surface area contributed by atoms with E-state index < -0.39 is 29.3 Å². The van der Waals surface area contributed by atoms with Crippen molar-refractivity contribution >= 4 is 11.6 Å². The molecule has 158 valence electrons. The van der Waals surface area contributed by atoms with Crippen LogP contribution in [0, 0.1) is 11.6 Å². The molecule has 0 saturated carbocycles. The number of benzene rings is 3. The van der Waals surface area contributed by atoms with E-state index in [1.54, 1.807) is 30.3 Å². The van der Waals surface area contributed by atoms with Gasteiger partial charge in [-0.05, 0) is 47.5 Å². The van der Waals surface area contributed by atoms with Gasteiger partial charge in [-0.25, -0.2) is 8.78 Å². The zero-order valence-electron chi connectivity index (χ0n) is 15.4. The zero-order valence-corrected chi connectivity index (χ0v) is 16.2. The Hall–Kier alpha value is -2.64. The minimum absolute atomic E-state index is 0.0891. The Balaban J connectivity index is 1.72. The highest BCUT2D eigenvalue weighted by Crippen LogP contribution is 2.45. The molecule has 0 amide bonds. The Morgan fingerprint density at radius 3 is 2.13 bits per heavy atom. The molecule has 0 aliphatic rings. The smallest absolute Gasteiger partial charge is 0.413 e. The first-order valence-corrected chi connectivity index (χ1v) is 9.17. The van der Waals surface area contributed by atoms with Crippen LogP contribution < -0.4 is 4.74 Å². The van der Waals surface area contributed by atoms with Crippen LogP contribution in [0.3, 0.4) is 0 Å². The van der Waals surface area contributed by atoms with Crippen LogP contribution in [0.25, 0.3) is 0 Å². The molecule has 0 saturated heterocycles. The van der Waals surface area contributed by atoms with Gasteiger partial charge < -0.3 is 9.47 Å². The highest BCUT2D eigenvalue weighted by atomic mass is 35.5. The largest absolute Gasteiger partial charge is 0.454 e. The first-order valence-electron chi connectivity index (χ1n) is 8.80. The van der Waals surface area contributed by atoms with Gasteiger partial charge in [0.05, 0.1) is 13.2 Å². The third kappa shape index (κ3) is 5.09. The van der Waals surface area contributed by atoms with Gasteiger partial charge in [0.2, 0.25) is 0 Å². The quantitative estimate of drug-likeness (QED) is 0.290. The topological polar surface area (TPSA) is 18.5 Å². The van der Waals surface area contributed by atoms with E-state index in [2.05, 4.69) is 0 Å². The van der Waals surface area contributed by atoms with E-state index in [0.29, 0.717) is 11.3 Å². The van der Waals surface area contributed by atoms with Crippen LogP contribution in [-0.4, -0.2) is 12.8 Å². The number of hydrogen-bond acceptors (Lipinski definition) is 2. The van der Waals surface area contributed by atoms with Crippen molar-refractivity contribution in [1.29, 1.82) is 0 Å². The van der Waals surface area contributed by atoms with E-state index in [-0.39, 0.29) is 17.9 Å². The summed E-state index contributed by atoms with van der Waals surface area (Å²) in [5.41, 5.74) is 0.0490. The Kier molecular flexibility index (Phi) is 6.63. The molecule has 0 aliphatic carbocycles. The Bertz CT molecular complexity index is 977. The fraction of sp³-hybridized carbons (Fsp3) is 0.182. The molecule has 8 heteroatoms. The normalized spacial score (nSPS) is 13.7. The molecule has 0 aromatic heterocycles. The standard InChI is InChI=1S/C22H16ClF5O2/c23-21(22(26,27)28,16-7-9-17(24)10-8-16)14-29-13-15-6-11-19(25)20(12-15)30-18-4-2-1-3-5-18/h1-12H,13-14H2. The van der Waals surface area contributed by atoms with Crippen LogP contribution >= 0.6 is 11.6 Å². The Morgan fingerprint density at radius 2 is 1.50 bits per heavy atom. The lowest BCUT2D eigenvalue weighted by molar-refractivity contribution is -0.179. The van der Waals surface area contributed by atoms with Gasteiger partial charge in [-0.1, -0.05) is 36.4 Å². The van der Waals surface area contributed by atoms with Gasteiger partial charge in [-0.3, -0.25) is 0 Å². The third-order valence-corrected chi connectivity index (χ3v) is 4.83. The van der Waals surface area contributed by atoms with Crippen LogP contribution in [0.15, 0.2) is 72.8 Å². The number of alkyl halides is 4. The second kappa shape index (κ2) is 9.02. The highest BCUT2D eigenvalue weighted by molar-refractivity contribution is 6.24. The molecule has 3 aromatic rings. The van der Waals surface area contributed by atoms with E-state index in [0.717, 1.165) is 30.3 Å². The number of para-hydroxylation sites is 1. The average molecular weight is 443 g/mol. The van der Waals surface area contributed by atoms with Crippen LogP contribution in [0.5, 0.6) is 11.5 Å². The SMILES string of the molecule is Fc1ccc(C(Cl)(COCc2ccc(F)c(Oc3ccccc3)c2)C(F)(F)F)cc1. The van der Waals surface area contributed by atoms with E-state index in [9.17, 15) is 22.0 Å². The molecule has 1 atom stereocenters. The van der Waals surface area contributed by atoms with Gasteiger partial charge in [-0.2, -0.15) is 13.2 Å². The lowest BCUT2D eigenvalue weighted by Gasteiger charge is -2.30. The molecule has 30 heavy (non-hydrogen) atoms. The molecule has 0 bridgehead atoms. The molecule has 0 spiro atoms. The summed E-state index contributed by atoms with van der Waals surface area (Å²) >= 11 is 5.87. The summed E-state index contributed by atoms with van der Waals surface area (Å²) in [4.78, 5) is -2.86. The number of ether oxygens (including phenoxy) is 2. The lowest BCUT2D eigenvalue weighted by atomic mass is 9.98. The predicted molar refractivity (Wildman–Crippen MR) is 103 cm³/mol.